The third-order valence-corrected chi connectivity index (χ3v) is 4.98. The predicted molar refractivity (Wildman–Crippen MR) is 92.5 cm³/mol. The highest BCUT2D eigenvalue weighted by Crippen LogP contribution is 2.34. The van der Waals surface area contributed by atoms with Crippen molar-refractivity contribution in [2.24, 2.45) is 5.92 Å². The van der Waals surface area contributed by atoms with Gasteiger partial charge in [0.05, 0.1) is 0 Å². The highest BCUT2D eigenvalue weighted by Gasteiger charge is 2.32. The largest absolute Gasteiger partial charge is 0.341 e. The number of hydrogen-bond acceptors (Lipinski definition) is 3. The summed E-state index contributed by atoms with van der Waals surface area (Å²) in [5.41, 5.74) is 2.14. The minimum absolute atomic E-state index is 0.0651. The summed E-state index contributed by atoms with van der Waals surface area (Å²) in [6.07, 6.45) is 2.44. The van der Waals surface area contributed by atoms with Crippen molar-refractivity contribution < 1.29 is 4.79 Å². The first-order chi connectivity index (χ1) is 11.0. The summed E-state index contributed by atoms with van der Waals surface area (Å²) < 4.78 is 2.25. The maximum atomic E-state index is 12.6. The first-order valence-corrected chi connectivity index (χ1v) is 8.36. The van der Waals surface area contributed by atoms with E-state index in [1.807, 2.05) is 43.1 Å². The third-order valence-electron chi connectivity index (χ3n) is 4.67. The van der Waals surface area contributed by atoms with Crippen molar-refractivity contribution in [3.05, 3.63) is 34.6 Å². The normalized spacial score (nSPS) is 15.4. The van der Waals surface area contributed by atoms with Crippen LogP contribution in [0.25, 0.3) is 11.4 Å². The van der Waals surface area contributed by atoms with E-state index in [1.165, 1.54) is 18.4 Å². The molecule has 6 heteroatoms. The van der Waals surface area contributed by atoms with Crippen molar-refractivity contribution in [3.63, 3.8) is 0 Å². The molecule has 2 aromatic rings. The minimum atomic E-state index is 0.0651. The lowest BCUT2D eigenvalue weighted by atomic mass is 10.1. The number of benzene rings is 1. The van der Waals surface area contributed by atoms with Gasteiger partial charge in [0, 0.05) is 18.7 Å². The van der Waals surface area contributed by atoms with Crippen LogP contribution in [0.15, 0.2) is 24.3 Å². The number of nitrogens with one attached hydrogen (secondary N) is 1. The number of likely N-dealkylation sites (N-methyl/N-ethyl adjacent to an activating group) is 1. The number of carbonyl (C=O) groups excluding carboxylic acids is 1. The van der Waals surface area contributed by atoms with Crippen LogP contribution in [0.5, 0.6) is 0 Å². The first-order valence-electron chi connectivity index (χ1n) is 7.95. The summed E-state index contributed by atoms with van der Waals surface area (Å²) in [6, 6.07) is 8.34. The van der Waals surface area contributed by atoms with E-state index in [2.05, 4.69) is 17.1 Å². The molecule has 1 aromatic carbocycles. The highest BCUT2D eigenvalue weighted by molar-refractivity contribution is 7.71. The Hall–Kier alpha value is -1.95. The molecule has 1 heterocycles. The van der Waals surface area contributed by atoms with Gasteiger partial charge in [0.1, 0.15) is 6.54 Å². The molecule has 0 saturated heterocycles. The molecular formula is C17H22N4OS. The number of nitrogens with zero attached hydrogens (tertiary/aromatic N) is 3. The first kappa shape index (κ1) is 15.9. The van der Waals surface area contributed by atoms with E-state index in [0.717, 1.165) is 5.56 Å². The number of amides is 1. The lowest BCUT2D eigenvalue weighted by molar-refractivity contribution is -0.132. The van der Waals surface area contributed by atoms with Crippen LogP contribution in [0.3, 0.4) is 0 Å². The smallest absolute Gasteiger partial charge is 0.242 e. The molecule has 1 N–H and O–H groups in total. The van der Waals surface area contributed by atoms with Crippen LogP contribution in [-0.2, 0) is 11.3 Å². The Morgan fingerprint density at radius 2 is 2.09 bits per heavy atom. The summed E-state index contributed by atoms with van der Waals surface area (Å²) >= 11 is 5.31. The number of rotatable bonds is 5. The maximum Gasteiger partial charge on any atom is 0.242 e. The fourth-order valence-corrected chi connectivity index (χ4v) is 2.95. The summed E-state index contributed by atoms with van der Waals surface area (Å²) in [7, 11) is 1.88. The molecule has 1 amide bonds. The highest BCUT2D eigenvalue weighted by atomic mass is 32.1. The standard InChI is InChI=1S/C17H22N4OS/c1-11-4-6-14(7-5-11)16-18-19-17(23)21(16)10-15(22)20(3)12(2)13-8-9-13/h4-7,12-13H,8-10H2,1-3H3,(H,19,23). The van der Waals surface area contributed by atoms with E-state index >= 15 is 0 Å². The Bertz CT molecular complexity index is 758. The molecular weight excluding hydrogens is 308 g/mol. The van der Waals surface area contributed by atoms with Gasteiger partial charge in [-0.25, -0.2) is 0 Å². The molecule has 1 aromatic heterocycles. The SMILES string of the molecule is Cc1ccc(-c2n[nH]c(=S)n2CC(=O)N(C)C(C)C2CC2)cc1. The van der Waals surface area contributed by atoms with Gasteiger partial charge >= 0.3 is 0 Å². The van der Waals surface area contributed by atoms with Crippen molar-refractivity contribution in [1.82, 2.24) is 19.7 Å². The maximum absolute atomic E-state index is 12.6. The molecule has 0 aliphatic heterocycles. The van der Waals surface area contributed by atoms with Gasteiger partial charge in [-0.2, -0.15) is 5.10 Å². The Balaban J connectivity index is 1.82. The van der Waals surface area contributed by atoms with Crippen LogP contribution in [0.4, 0.5) is 0 Å². The molecule has 1 aliphatic carbocycles. The molecule has 1 unspecified atom stereocenters. The molecule has 1 saturated carbocycles. The zero-order chi connectivity index (χ0) is 16.6. The summed E-state index contributed by atoms with van der Waals surface area (Å²) in [6.45, 7) is 4.37. The Morgan fingerprint density at radius 1 is 1.43 bits per heavy atom. The second-order valence-electron chi connectivity index (χ2n) is 6.39. The summed E-state index contributed by atoms with van der Waals surface area (Å²) in [4.78, 5) is 14.4. The van der Waals surface area contributed by atoms with E-state index in [9.17, 15) is 4.79 Å². The van der Waals surface area contributed by atoms with Gasteiger partial charge in [0.2, 0.25) is 5.91 Å². The zero-order valence-electron chi connectivity index (χ0n) is 13.7. The fourth-order valence-electron chi connectivity index (χ4n) is 2.76. The summed E-state index contributed by atoms with van der Waals surface area (Å²) in [5, 5.41) is 7.10. The van der Waals surface area contributed by atoms with Gasteiger partial charge in [-0.3, -0.25) is 14.5 Å². The average molecular weight is 330 g/mol. The van der Waals surface area contributed by atoms with Crippen molar-refractivity contribution in [1.29, 1.82) is 0 Å². The number of aryl methyl sites for hydroxylation is 1. The molecule has 0 spiro atoms. The molecule has 1 atom stereocenters. The molecule has 23 heavy (non-hydrogen) atoms. The second kappa shape index (κ2) is 6.28. The lowest BCUT2D eigenvalue weighted by Gasteiger charge is -2.25. The third kappa shape index (κ3) is 3.37. The van der Waals surface area contributed by atoms with Crippen LogP contribution < -0.4 is 0 Å². The monoisotopic (exact) mass is 330 g/mol. The van der Waals surface area contributed by atoms with Crippen LogP contribution >= 0.6 is 12.2 Å². The second-order valence-corrected chi connectivity index (χ2v) is 6.77. The number of H-pyrrole nitrogens is 1. The molecule has 122 valence electrons. The van der Waals surface area contributed by atoms with Crippen LogP contribution in [-0.4, -0.2) is 38.7 Å². The molecule has 0 bridgehead atoms. The van der Waals surface area contributed by atoms with E-state index in [0.29, 0.717) is 16.5 Å². The van der Waals surface area contributed by atoms with Gasteiger partial charge in [0.25, 0.3) is 0 Å². The Morgan fingerprint density at radius 3 is 2.70 bits per heavy atom. The molecule has 1 aliphatic rings. The predicted octanol–water partition coefficient (Wildman–Crippen LogP) is 3.17. The van der Waals surface area contributed by atoms with Gasteiger partial charge in [0.15, 0.2) is 10.6 Å². The van der Waals surface area contributed by atoms with Crippen molar-refractivity contribution in [2.45, 2.75) is 39.3 Å². The summed E-state index contributed by atoms with van der Waals surface area (Å²) in [5.74, 6) is 1.42. The van der Waals surface area contributed by atoms with E-state index in [4.69, 9.17) is 12.2 Å². The van der Waals surface area contributed by atoms with E-state index in [-0.39, 0.29) is 18.5 Å². The van der Waals surface area contributed by atoms with Gasteiger partial charge in [-0.05, 0) is 44.8 Å². The molecule has 1 fully saturated rings. The quantitative estimate of drug-likeness (QED) is 0.857. The Kier molecular flexibility index (Phi) is 4.35. The molecule has 5 nitrogen and oxygen atoms in total. The lowest BCUT2D eigenvalue weighted by Crippen LogP contribution is -2.38. The fraction of sp³-hybridized carbons (Fsp3) is 0.471. The van der Waals surface area contributed by atoms with Crippen molar-refractivity contribution >= 4 is 18.1 Å². The van der Waals surface area contributed by atoms with Gasteiger partial charge < -0.3 is 4.90 Å². The molecule has 0 radical (unpaired) electrons. The van der Waals surface area contributed by atoms with Gasteiger partial charge in [-0.1, -0.05) is 29.8 Å². The number of carbonyl (C=O) groups is 1. The number of aromatic nitrogens is 3. The van der Waals surface area contributed by atoms with E-state index in [1.54, 1.807) is 4.57 Å². The average Bonchev–Trinajstić information content (AvgIpc) is 3.33. The van der Waals surface area contributed by atoms with Crippen LogP contribution in [0, 0.1) is 17.6 Å². The Labute approximate surface area is 141 Å². The van der Waals surface area contributed by atoms with Crippen LogP contribution in [0.1, 0.15) is 25.3 Å². The molecule has 3 rings (SSSR count). The van der Waals surface area contributed by atoms with Gasteiger partial charge in [-0.15, -0.1) is 0 Å². The number of aromatic amines is 1. The van der Waals surface area contributed by atoms with Crippen LogP contribution in [0.2, 0.25) is 0 Å². The van der Waals surface area contributed by atoms with Crippen molar-refractivity contribution in [2.75, 3.05) is 7.05 Å². The van der Waals surface area contributed by atoms with E-state index < -0.39 is 0 Å². The minimum Gasteiger partial charge on any atom is -0.341 e. The zero-order valence-corrected chi connectivity index (χ0v) is 14.6. The topological polar surface area (TPSA) is 53.9 Å². The number of hydrogen-bond donors (Lipinski definition) is 1. The van der Waals surface area contributed by atoms with Crippen molar-refractivity contribution in [3.8, 4) is 11.4 Å².